The SMILES string of the molecule is CC[C@H](C)[C@H](NC(=O)c1cc(C2CC2)c(OCC23CC4CC(CC(C4)C2)C3)cc1F)C(=O)OC(C)(C)C. The molecule has 204 valence electrons. The van der Waals surface area contributed by atoms with E-state index in [0.29, 0.717) is 24.7 Å². The van der Waals surface area contributed by atoms with E-state index in [2.05, 4.69) is 5.32 Å². The fourth-order valence-corrected chi connectivity index (χ4v) is 7.54. The summed E-state index contributed by atoms with van der Waals surface area (Å²) < 4.78 is 27.4. The zero-order valence-electron chi connectivity index (χ0n) is 23.2. The minimum absolute atomic E-state index is 0.0269. The van der Waals surface area contributed by atoms with E-state index in [9.17, 15) is 9.59 Å². The number of hydrogen-bond acceptors (Lipinski definition) is 4. The van der Waals surface area contributed by atoms with Gasteiger partial charge in [0.05, 0.1) is 12.2 Å². The lowest BCUT2D eigenvalue weighted by atomic mass is 9.50. The summed E-state index contributed by atoms with van der Waals surface area (Å²) in [7, 11) is 0. The second-order valence-electron chi connectivity index (χ2n) is 13.7. The minimum atomic E-state index is -0.840. The molecule has 1 amide bonds. The highest BCUT2D eigenvalue weighted by Gasteiger charge is 2.51. The lowest BCUT2D eigenvalue weighted by Crippen LogP contribution is -2.48. The lowest BCUT2D eigenvalue weighted by Gasteiger charge is -2.56. The molecule has 0 saturated heterocycles. The molecule has 0 unspecified atom stereocenters. The summed E-state index contributed by atoms with van der Waals surface area (Å²) in [4.78, 5) is 26.1. The number of esters is 1. The van der Waals surface area contributed by atoms with Crippen molar-refractivity contribution >= 4 is 11.9 Å². The predicted octanol–water partition coefficient (Wildman–Crippen LogP) is 6.78. The Morgan fingerprint density at radius 2 is 1.68 bits per heavy atom. The summed E-state index contributed by atoms with van der Waals surface area (Å²) in [5.74, 6) is 1.59. The standard InChI is InChI=1S/C31H44FNO4/c1-6-18(2)27(29(35)37-30(3,4)5)33-28(34)24-12-23(22-7-8-22)26(13-25(24)32)36-17-31-14-19-9-20(15-31)11-21(10-19)16-31/h12-13,18-22,27H,6-11,14-17H2,1-5H3,(H,33,34)/t18-,19?,20?,21?,27-,31?/m0/s1. The maximum Gasteiger partial charge on any atom is 0.329 e. The minimum Gasteiger partial charge on any atom is -0.493 e. The van der Waals surface area contributed by atoms with Crippen LogP contribution in [0.4, 0.5) is 4.39 Å². The molecule has 6 rings (SSSR count). The van der Waals surface area contributed by atoms with Crippen LogP contribution in [-0.2, 0) is 9.53 Å². The van der Waals surface area contributed by atoms with Crippen molar-refractivity contribution in [1.29, 1.82) is 0 Å². The molecule has 6 heteroatoms. The number of hydrogen-bond donors (Lipinski definition) is 1. The van der Waals surface area contributed by atoms with Gasteiger partial charge in [0.1, 0.15) is 23.2 Å². The van der Waals surface area contributed by atoms with Crippen LogP contribution in [0.1, 0.15) is 114 Å². The molecule has 1 aromatic rings. The summed E-state index contributed by atoms with van der Waals surface area (Å²) in [6.45, 7) is 9.88. The van der Waals surface area contributed by atoms with Crippen molar-refractivity contribution in [1.82, 2.24) is 5.32 Å². The Labute approximate surface area is 221 Å². The van der Waals surface area contributed by atoms with E-state index in [1.54, 1.807) is 26.8 Å². The van der Waals surface area contributed by atoms with Gasteiger partial charge in [-0.1, -0.05) is 20.3 Å². The maximum atomic E-state index is 15.4. The molecule has 5 aliphatic rings. The highest BCUT2D eigenvalue weighted by atomic mass is 19.1. The number of halogens is 1. The van der Waals surface area contributed by atoms with Crippen molar-refractivity contribution in [3.63, 3.8) is 0 Å². The molecule has 0 aromatic heterocycles. The van der Waals surface area contributed by atoms with E-state index in [4.69, 9.17) is 9.47 Å². The second-order valence-corrected chi connectivity index (χ2v) is 13.7. The third kappa shape index (κ3) is 5.83. The third-order valence-corrected chi connectivity index (χ3v) is 9.22. The average Bonchev–Trinajstić information content (AvgIpc) is 3.64. The number of rotatable bonds is 9. The van der Waals surface area contributed by atoms with Gasteiger partial charge in [-0.25, -0.2) is 9.18 Å². The van der Waals surface area contributed by atoms with Gasteiger partial charge in [-0.05, 0) is 113 Å². The fraction of sp³-hybridized carbons (Fsp3) is 0.742. The lowest BCUT2D eigenvalue weighted by molar-refractivity contribution is -0.158. The van der Waals surface area contributed by atoms with Crippen LogP contribution in [0.3, 0.4) is 0 Å². The Morgan fingerprint density at radius 1 is 1.08 bits per heavy atom. The third-order valence-electron chi connectivity index (χ3n) is 9.22. The Kier molecular flexibility index (Phi) is 7.08. The summed E-state index contributed by atoms with van der Waals surface area (Å²) in [6, 6.07) is 2.24. The van der Waals surface area contributed by atoms with Crippen LogP contribution in [-0.4, -0.2) is 30.1 Å². The summed E-state index contributed by atoms with van der Waals surface area (Å²) in [5, 5.41) is 2.78. The van der Waals surface area contributed by atoms with E-state index in [1.165, 1.54) is 44.6 Å². The number of amides is 1. The van der Waals surface area contributed by atoms with Gasteiger partial charge >= 0.3 is 5.97 Å². The molecule has 37 heavy (non-hydrogen) atoms. The van der Waals surface area contributed by atoms with Crippen LogP contribution >= 0.6 is 0 Å². The highest BCUT2D eigenvalue weighted by molar-refractivity contribution is 5.97. The van der Waals surface area contributed by atoms with Gasteiger partial charge in [-0.15, -0.1) is 0 Å². The zero-order chi connectivity index (χ0) is 26.5. The molecule has 0 radical (unpaired) electrons. The molecule has 0 heterocycles. The van der Waals surface area contributed by atoms with Crippen molar-refractivity contribution in [3.05, 3.63) is 29.1 Å². The van der Waals surface area contributed by atoms with Gasteiger partial charge in [0, 0.05) is 11.5 Å². The van der Waals surface area contributed by atoms with E-state index in [0.717, 1.165) is 36.2 Å². The molecule has 2 atom stereocenters. The monoisotopic (exact) mass is 513 g/mol. The van der Waals surface area contributed by atoms with Crippen LogP contribution in [0.2, 0.25) is 0 Å². The topological polar surface area (TPSA) is 64.6 Å². The van der Waals surface area contributed by atoms with Crippen molar-refractivity contribution in [2.45, 2.75) is 110 Å². The summed E-state index contributed by atoms with van der Waals surface area (Å²) in [5.41, 5.74) is 0.460. The first-order valence-corrected chi connectivity index (χ1v) is 14.4. The molecule has 5 fully saturated rings. The van der Waals surface area contributed by atoms with Crippen LogP contribution < -0.4 is 10.1 Å². The molecule has 5 nitrogen and oxygen atoms in total. The molecule has 4 bridgehead atoms. The van der Waals surface area contributed by atoms with Crippen molar-refractivity contribution < 1.29 is 23.5 Å². The van der Waals surface area contributed by atoms with E-state index in [-0.39, 0.29) is 16.9 Å². The Morgan fingerprint density at radius 3 is 2.19 bits per heavy atom. The summed E-state index contributed by atoms with van der Waals surface area (Å²) in [6.07, 6.45) is 10.6. The van der Waals surface area contributed by atoms with Gasteiger partial charge in [0.15, 0.2) is 0 Å². The Hall–Kier alpha value is -2.11. The molecule has 0 spiro atoms. The van der Waals surface area contributed by atoms with Gasteiger partial charge in [0.2, 0.25) is 0 Å². The number of benzene rings is 1. The highest BCUT2D eigenvalue weighted by Crippen LogP contribution is 2.60. The Balaban J connectivity index is 1.33. The Bertz CT molecular complexity index is 1010. The number of carbonyl (C=O) groups is 2. The smallest absolute Gasteiger partial charge is 0.329 e. The van der Waals surface area contributed by atoms with Crippen LogP contribution in [0.25, 0.3) is 0 Å². The second kappa shape index (κ2) is 9.89. The normalized spacial score (nSPS) is 30.1. The van der Waals surface area contributed by atoms with E-state index < -0.39 is 29.3 Å². The molecule has 5 saturated carbocycles. The van der Waals surface area contributed by atoms with E-state index >= 15 is 4.39 Å². The number of ether oxygens (including phenoxy) is 2. The maximum absolute atomic E-state index is 15.4. The van der Waals surface area contributed by atoms with E-state index in [1.807, 2.05) is 13.8 Å². The number of carbonyl (C=O) groups excluding carboxylic acids is 2. The first kappa shape index (κ1) is 26.5. The first-order chi connectivity index (χ1) is 17.4. The number of nitrogens with one attached hydrogen (secondary N) is 1. The zero-order valence-corrected chi connectivity index (χ0v) is 23.2. The first-order valence-electron chi connectivity index (χ1n) is 14.4. The van der Waals surface area contributed by atoms with Crippen molar-refractivity contribution in [2.24, 2.45) is 29.1 Å². The molecule has 1 aromatic carbocycles. The van der Waals surface area contributed by atoms with Crippen LogP contribution in [0, 0.1) is 34.9 Å². The van der Waals surface area contributed by atoms with Gasteiger partial charge in [-0.3, -0.25) is 4.79 Å². The molecular formula is C31H44FNO4. The van der Waals surface area contributed by atoms with Crippen molar-refractivity contribution in [2.75, 3.05) is 6.61 Å². The molecule has 0 aliphatic heterocycles. The molecular weight excluding hydrogens is 469 g/mol. The largest absolute Gasteiger partial charge is 0.493 e. The van der Waals surface area contributed by atoms with Crippen molar-refractivity contribution in [3.8, 4) is 5.75 Å². The quantitative estimate of drug-likeness (QED) is 0.370. The summed E-state index contributed by atoms with van der Waals surface area (Å²) >= 11 is 0. The van der Waals surface area contributed by atoms with Gasteiger partial charge < -0.3 is 14.8 Å². The van der Waals surface area contributed by atoms with Crippen LogP contribution in [0.15, 0.2) is 12.1 Å². The van der Waals surface area contributed by atoms with Crippen LogP contribution in [0.5, 0.6) is 5.75 Å². The predicted molar refractivity (Wildman–Crippen MR) is 141 cm³/mol. The average molecular weight is 514 g/mol. The molecule has 5 aliphatic carbocycles. The van der Waals surface area contributed by atoms with Gasteiger partial charge in [-0.2, -0.15) is 0 Å². The van der Waals surface area contributed by atoms with Gasteiger partial charge in [0.25, 0.3) is 5.91 Å². The fourth-order valence-electron chi connectivity index (χ4n) is 7.54. The molecule has 1 N–H and O–H groups in total.